The molecule has 0 atom stereocenters. The van der Waals surface area contributed by atoms with Crippen molar-refractivity contribution < 1.29 is 9.53 Å². The zero-order valence-electron chi connectivity index (χ0n) is 17.3. The van der Waals surface area contributed by atoms with Crippen LogP contribution in [0.1, 0.15) is 43.2 Å². The molecule has 1 aromatic carbocycles. The summed E-state index contributed by atoms with van der Waals surface area (Å²) in [6, 6.07) is 11.8. The summed E-state index contributed by atoms with van der Waals surface area (Å²) in [4.78, 5) is 19.2. The molecule has 0 spiro atoms. The van der Waals surface area contributed by atoms with Gasteiger partial charge in [-0.25, -0.2) is 4.98 Å². The van der Waals surface area contributed by atoms with Crippen LogP contribution in [0.3, 0.4) is 0 Å². The van der Waals surface area contributed by atoms with Crippen LogP contribution in [0.15, 0.2) is 42.6 Å². The molecule has 1 aromatic heterocycles. The van der Waals surface area contributed by atoms with Gasteiger partial charge >= 0.3 is 0 Å². The van der Waals surface area contributed by atoms with Gasteiger partial charge in [-0.15, -0.1) is 0 Å². The molecule has 1 saturated carbocycles. The average molecular weight is 394 g/mol. The number of hydrogen-bond donors (Lipinski definition) is 1. The Morgan fingerprint density at radius 1 is 1.10 bits per heavy atom. The van der Waals surface area contributed by atoms with Gasteiger partial charge in [0.2, 0.25) is 11.8 Å². The maximum atomic E-state index is 12.1. The zero-order valence-corrected chi connectivity index (χ0v) is 17.3. The normalized spacial score (nSPS) is 17.8. The number of anilines is 1. The summed E-state index contributed by atoms with van der Waals surface area (Å²) in [6.45, 7) is 5.58. The summed E-state index contributed by atoms with van der Waals surface area (Å²) in [7, 11) is 0. The number of amides is 1. The summed E-state index contributed by atoms with van der Waals surface area (Å²) in [5.41, 5.74) is 3.07. The first kappa shape index (κ1) is 19.9. The van der Waals surface area contributed by atoms with Crippen molar-refractivity contribution in [3.8, 4) is 5.88 Å². The van der Waals surface area contributed by atoms with Crippen LogP contribution in [0.4, 0.5) is 5.69 Å². The molecule has 0 radical (unpaired) electrons. The second kappa shape index (κ2) is 9.40. The van der Waals surface area contributed by atoms with Crippen LogP contribution in [0.2, 0.25) is 0 Å². The van der Waals surface area contributed by atoms with Gasteiger partial charge in [-0.1, -0.05) is 23.8 Å². The number of rotatable bonds is 8. The number of pyridine rings is 1. The van der Waals surface area contributed by atoms with E-state index in [1.54, 1.807) is 0 Å². The first-order valence-corrected chi connectivity index (χ1v) is 10.8. The molecular formula is C24H31N3O2. The highest BCUT2D eigenvalue weighted by Gasteiger charge is 2.27. The van der Waals surface area contributed by atoms with E-state index >= 15 is 0 Å². The van der Waals surface area contributed by atoms with E-state index in [1.807, 2.05) is 49.5 Å². The van der Waals surface area contributed by atoms with Crippen LogP contribution < -0.4 is 10.1 Å². The van der Waals surface area contributed by atoms with Crippen molar-refractivity contribution in [1.82, 2.24) is 9.88 Å². The number of nitrogens with zero attached hydrogens (tertiary/aromatic N) is 2. The number of carbonyl (C=O) groups is 1. The maximum absolute atomic E-state index is 12.1. The quantitative estimate of drug-likeness (QED) is 0.730. The lowest BCUT2D eigenvalue weighted by molar-refractivity contribution is -0.116. The molecule has 1 N–H and O–H groups in total. The summed E-state index contributed by atoms with van der Waals surface area (Å²) >= 11 is 0. The minimum Gasteiger partial charge on any atom is -0.474 e. The second-order valence-corrected chi connectivity index (χ2v) is 8.48. The maximum Gasteiger partial charge on any atom is 0.224 e. The molecule has 0 bridgehead atoms. The third-order valence-electron chi connectivity index (χ3n) is 5.81. The van der Waals surface area contributed by atoms with E-state index < -0.39 is 0 Å². The largest absolute Gasteiger partial charge is 0.474 e. The minimum absolute atomic E-state index is 0.0205. The Morgan fingerprint density at radius 2 is 1.86 bits per heavy atom. The van der Waals surface area contributed by atoms with Gasteiger partial charge in [-0.2, -0.15) is 0 Å². The van der Waals surface area contributed by atoms with Gasteiger partial charge in [0.1, 0.15) is 6.10 Å². The Balaban J connectivity index is 1.18. The predicted molar refractivity (Wildman–Crippen MR) is 115 cm³/mol. The molecule has 2 aliphatic rings. The fourth-order valence-electron chi connectivity index (χ4n) is 3.79. The van der Waals surface area contributed by atoms with Gasteiger partial charge in [0.25, 0.3) is 0 Å². The predicted octanol–water partition coefficient (Wildman–Crippen LogP) is 4.21. The van der Waals surface area contributed by atoms with E-state index in [9.17, 15) is 4.79 Å². The number of benzene rings is 1. The Morgan fingerprint density at radius 3 is 2.52 bits per heavy atom. The highest BCUT2D eigenvalue weighted by Crippen LogP contribution is 2.30. The third-order valence-corrected chi connectivity index (χ3v) is 5.81. The standard InChI is InChI=1S/C24H31N3O2/c1-18-2-8-21(9-3-18)26-23(28)10-6-19-7-11-24(25-16-19)29-22-12-14-27(15-13-22)17-20-4-5-20/h2-3,7-9,11,16,20,22H,4-6,10,12-15,17H2,1H3,(H,26,28). The number of aromatic nitrogens is 1. The number of ether oxygens (including phenoxy) is 1. The Bertz CT molecular complexity index is 792. The first-order valence-electron chi connectivity index (χ1n) is 10.8. The molecule has 4 rings (SSSR count). The summed E-state index contributed by atoms with van der Waals surface area (Å²) < 4.78 is 6.08. The summed E-state index contributed by atoms with van der Waals surface area (Å²) in [5, 5.41) is 2.94. The van der Waals surface area contributed by atoms with Gasteiger partial charge in [0.05, 0.1) is 0 Å². The molecule has 1 aliphatic heterocycles. The SMILES string of the molecule is Cc1ccc(NC(=O)CCc2ccc(OC3CCN(CC4CC4)CC3)nc2)cc1. The van der Waals surface area contributed by atoms with Crippen molar-refractivity contribution in [3.05, 3.63) is 53.7 Å². The van der Waals surface area contributed by atoms with Crippen LogP contribution in [-0.4, -0.2) is 41.5 Å². The molecule has 1 saturated heterocycles. The smallest absolute Gasteiger partial charge is 0.224 e. The third kappa shape index (κ3) is 6.29. The summed E-state index contributed by atoms with van der Waals surface area (Å²) in [5.74, 6) is 1.67. The van der Waals surface area contributed by atoms with Gasteiger partial charge < -0.3 is 15.0 Å². The Hall–Kier alpha value is -2.40. The lowest BCUT2D eigenvalue weighted by Gasteiger charge is -2.31. The highest BCUT2D eigenvalue weighted by atomic mass is 16.5. The number of hydrogen-bond acceptors (Lipinski definition) is 4. The van der Waals surface area contributed by atoms with Crippen molar-refractivity contribution in [3.63, 3.8) is 0 Å². The number of likely N-dealkylation sites (tertiary alicyclic amines) is 1. The van der Waals surface area contributed by atoms with Crippen LogP contribution in [-0.2, 0) is 11.2 Å². The Labute approximate surface area is 173 Å². The van der Waals surface area contributed by atoms with Gasteiger partial charge in [-0.3, -0.25) is 4.79 Å². The van der Waals surface area contributed by atoms with Crippen molar-refractivity contribution in [2.75, 3.05) is 25.0 Å². The van der Waals surface area contributed by atoms with E-state index in [0.717, 1.165) is 43.1 Å². The van der Waals surface area contributed by atoms with E-state index in [1.165, 1.54) is 24.9 Å². The fourth-order valence-corrected chi connectivity index (χ4v) is 3.79. The molecule has 5 nitrogen and oxygen atoms in total. The van der Waals surface area contributed by atoms with E-state index in [0.29, 0.717) is 18.7 Å². The monoisotopic (exact) mass is 393 g/mol. The van der Waals surface area contributed by atoms with Crippen molar-refractivity contribution in [2.45, 2.75) is 51.6 Å². The fraction of sp³-hybridized carbons (Fsp3) is 0.500. The average Bonchev–Trinajstić information content (AvgIpc) is 3.55. The van der Waals surface area contributed by atoms with Crippen molar-refractivity contribution in [2.24, 2.45) is 5.92 Å². The molecule has 0 unspecified atom stereocenters. The first-order chi connectivity index (χ1) is 14.1. The number of carbonyl (C=O) groups excluding carboxylic acids is 1. The molecule has 2 heterocycles. The second-order valence-electron chi connectivity index (χ2n) is 8.48. The molecule has 154 valence electrons. The van der Waals surface area contributed by atoms with Gasteiger partial charge in [-0.05, 0) is 62.6 Å². The highest BCUT2D eigenvalue weighted by molar-refractivity contribution is 5.90. The minimum atomic E-state index is 0.0205. The Kier molecular flexibility index (Phi) is 6.45. The lowest BCUT2D eigenvalue weighted by Crippen LogP contribution is -2.39. The van der Waals surface area contributed by atoms with E-state index in [2.05, 4.69) is 15.2 Å². The number of aryl methyl sites for hydroxylation is 2. The number of piperidine rings is 1. The van der Waals surface area contributed by atoms with E-state index in [-0.39, 0.29) is 12.0 Å². The lowest BCUT2D eigenvalue weighted by atomic mass is 10.1. The van der Waals surface area contributed by atoms with Crippen LogP contribution in [0.5, 0.6) is 5.88 Å². The van der Waals surface area contributed by atoms with E-state index in [4.69, 9.17) is 4.74 Å². The van der Waals surface area contributed by atoms with Crippen LogP contribution in [0.25, 0.3) is 0 Å². The van der Waals surface area contributed by atoms with Crippen LogP contribution >= 0.6 is 0 Å². The molecule has 2 fully saturated rings. The topological polar surface area (TPSA) is 54.5 Å². The van der Waals surface area contributed by atoms with Gasteiger partial charge in [0, 0.05) is 44.0 Å². The summed E-state index contributed by atoms with van der Waals surface area (Å²) in [6.07, 6.45) is 8.20. The molecule has 29 heavy (non-hydrogen) atoms. The van der Waals surface area contributed by atoms with Gasteiger partial charge in [0.15, 0.2) is 0 Å². The zero-order chi connectivity index (χ0) is 20.1. The van der Waals surface area contributed by atoms with Crippen LogP contribution in [0, 0.1) is 12.8 Å². The van der Waals surface area contributed by atoms with Crippen molar-refractivity contribution in [1.29, 1.82) is 0 Å². The molecule has 5 heteroatoms. The molecule has 1 amide bonds. The molecule has 2 aromatic rings. The number of nitrogens with one attached hydrogen (secondary N) is 1. The molecule has 1 aliphatic carbocycles. The molecular weight excluding hydrogens is 362 g/mol. The van der Waals surface area contributed by atoms with Crippen molar-refractivity contribution >= 4 is 11.6 Å².